The van der Waals surface area contributed by atoms with E-state index in [4.69, 9.17) is 4.74 Å². The lowest BCUT2D eigenvalue weighted by Crippen LogP contribution is -2.27. The van der Waals surface area contributed by atoms with Crippen molar-refractivity contribution in [3.63, 3.8) is 0 Å². The third-order valence-corrected chi connectivity index (χ3v) is 6.43. The van der Waals surface area contributed by atoms with Crippen LogP contribution in [0.2, 0.25) is 0 Å². The zero-order valence-corrected chi connectivity index (χ0v) is 17.1. The van der Waals surface area contributed by atoms with Crippen LogP contribution in [-0.2, 0) is 19.5 Å². The smallest absolute Gasteiger partial charge is 0.306 e. The van der Waals surface area contributed by atoms with E-state index in [2.05, 4.69) is 39.8 Å². The minimum absolute atomic E-state index is 0.00396. The maximum Gasteiger partial charge on any atom is 0.306 e. The summed E-state index contributed by atoms with van der Waals surface area (Å²) < 4.78 is 17.2. The highest BCUT2D eigenvalue weighted by Crippen LogP contribution is 2.47. The van der Waals surface area contributed by atoms with E-state index in [-0.39, 0.29) is 29.6 Å². The monoisotopic (exact) mass is 368 g/mol. The largest absolute Gasteiger partial charge is 0.466 e. The molecule has 1 aromatic rings. The molecule has 0 aliphatic carbocycles. The standard InChI is InChI=1S/C20H33O4P/c1-6-24-18(21)12-14-25(22,23)15-13-19(2,3)16-20(4,5)17-10-8-7-9-11-17/h7-11H,6,12-16H2,1-5H3,(H,22,23). The first-order valence-electron chi connectivity index (χ1n) is 8.99. The van der Waals surface area contributed by atoms with E-state index in [1.807, 2.05) is 18.2 Å². The summed E-state index contributed by atoms with van der Waals surface area (Å²) in [5.41, 5.74) is 1.20. The van der Waals surface area contributed by atoms with Gasteiger partial charge in [-0.25, -0.2) is 0 Å². The van der Waals surface area contributed by atoms with E-state index in [0.717, 1.165) is 6.42 Å². The topological polar surface area (TPSA) is 63.6 Å². The molecule has 0 aromatic heterocycles. The molecule has 25 heavy (non-hydrogen) atoms. The van der Waals surface area contributed by atoms with E-state index in [9.17, 15) is 14.3 Å². The highest BCUT2D eigenvalue weighted by atomic mass is 31.2. The molecule has 0 spiro atoms. The van der Waals surface area contributed by atoms with Crippen molar-refractivity contribution in [3.05, 3.63) is 35.9 Å². The van der Waals surface area contributed by atoms with E-state index in [1.54, 1.807) is 6.92 Å². The third kappa shape index (κ3) is 8.20. The van der Waals surface area contributed by atoms with Crippen molar-refractivity contribution in [2.24, 2.45) is 5.41 Å². The second kappa shape index (κ2) is 9.00. The molecule has 0 aliphatic rings. The summed E-state index contributed by atoms with van der Waals surface area (Å²) in [5.74, 6) is -0.402. The summed E-state index contributed by atoms with van der Waals surface area (Å²) >= 11 is 0. The van der Waals surface area contributed by atoms with E-state index in [1.165, 1.54) is 5.56 Å². The molecule has 0 heterocycles. The van der Waals surface area contributed by atoms with E-state index >= 15 is 0 Å². The molecule has 0 aliphatic heterocycles. The Morgan fingerprint density at radius 3 is 2.28 bits per heavy atom. The highest BCUT2D eigenvalue weighted by Gasteiger charge is 2.32. The van der Waals surface area contributed by atoms with Crippen LogP contribution >= 0.6 is 7.37 Å². The van der Waals surface area contributed by atoms with Gasteiger partial charge in [-0.05, 0) is 36.2 Å². The number of hydrogen-bond acceptors (Lipinski definition) is 3. The molecule has 0 saturated carbocycles. The molecule has 1 unspecified atom stereocenters. The Morgan fingerprint density at radius 2 is 1.72 bits per heavy atom. The SMILES string of the molecule is CCOC(=O)CCP(=O)(O)CCC(C)(C)CC(C)(C)c1ccccc1. The molecule has 0 fully saturated rings. The number of benzene rings is 1. The van der Waals surface area contributed by atoms with Gasteiger partial charge in [-0.2, -0.15) is 0 Å². The Morgan fingerprint density at radius 1 is 1.12 bits per heavy atom. The summed E-state index contributed by atoms with van der Waals surface area (Å²) in [6.45, 7) is 10.7. The van der Waals surface area contributed by atoms with Gasteiger partial charge >= 0.3 is 5.97 Å². The zero-order valence-electron chi connectivity index (χ0n) is 16.2. The van der Waals surface area contributed by atoms with Crippen molar-refractivity contribution in [2.75, 3.05) is 18.9 Å². The Balaban J connectivity index is 2.59. The maximum absolute atomic E-state index is 12.4. The van der Waals surface area contributed by atoms with Crippen LogP contribution in [0, 0.1) is 5.41 Å². The molecule has 0 amide bonds. The Kier molecular flexibility index (Phi) is 7.89. The number of carbonyl (C=O) groups is 1. The van der Waals surface area contributed by atoms with Gasteiger partial charge in [0.2, 0.25) is 7.37 Å². The van der Waals surface area contributed by atoms with Crippen molar-refractivity contribution < 1.29 is 19.0 Å². The van der Waals surface area contributed by atoms with Crippen LogP contribution < -0.4 is 0 Å². The second-order valence-electron chi connectivity index (χ2n) is 8.19. The predicted molar refractivity (Wildman–Crippen MR) is 103 cm³/mol. The Hall–Kier alpha value is -1.12. The van der Waals surface area contributed by atoms with Gasteiger partial charge in [-0.3, -0.25) is 9.36 Å². The molecule has 1 atom stereocenters. The maximum atomic E-state index is 12.4. The molecule has 1 N–H and O–H groups in total. The highest BCUT2D eigenvalue weighted by molar-refractivity contribution is 7.58. The summed E-state index contributed by atoms with van der Waals surface area (Å²) in [7, 11) is -3.30. The summed E-state index contributed by atoms with van der Waals surface area (Å²) in [5, 5.41) is 0. The van der Waals surface area contributed by atoms with Crippen LogP contribution in [0.5, 0.6) is 0 Å². The molecule has 0 saturated heterocycles. The average Bonchev–Trinajstić information content (AvgIpc) is 2.52. The van der Waals surface area contributed by atoms with E-state index < -0.39 is 13.3 Å². The normalized spacial score (nSPS) is 14.8. The third-order valence-electron chi connectivity index (χ3n) is 4.58. The van der Waals surface area contributed by atoms with Crippen molar-refractivity contribution >= 4 is 13.3 Å². The second-order valence-corrected chi connectivity index (χ2v) is 10.8. The van der Waals surface area contributed by atoms with Crippen molar-refractivity contribution in [2.45, 2.75) is 59.3 Å². The minimum Gasteiger partial charge on any atom is -0.466 e. The summed E-state index contributed by atoms with van der Waals surface area (Å²) in [6.07, 6.45) is 1.83. The van der Waals surface area contributed by atoms with Gasteiger partial charge < -0.3 is 9.63 Å². The fourth-order valence-corrected chi connectivity index (χ4v) is 5.07. The van der Waals surface area contributed by atoms with E-state index in [0.29, 0.717) is 13.0 Å². The van der Waals surface area contributed by atoms with Crippen LogP contribution in [0.15, 0.2) is 30.3 Å². The van der Waals surface area contributed by atoms with Gasteiger partial charge in [-0.1, -0.05) is 58.0 Å². The lowest BCUT2D eigenvalue weighted by atomic mass is 9.70. The molecule has 142 valence electrons. The molecule has 4 nitrogen and oxygen atoms in total. The Labute approximate surface area is 152 Å². The van der Waals surface area contributed by atoms with Gasteiger partial charge in [0.25, 0.3) is 0 Å². The number of rotatable bonds is 10. The quantitative estimate of drug-likeness (QED) is 0.466. The van der Waals surface area contributed by atoms with Gasteiger partial charge in [0.05, 0.1) is 13.0 Å². The van der Waals surface area contributed by atoms with Crippen molar-refractivity contribution in [3.8, 4) is 0 Å². The van der Waals surface area contributed by atoms with Crippen LogP contribution in [0.3, 0.4) is 0 Å². The fourth-order valence-electron chi connectivity index (χ4n) is 3.36. The molecule has 0 radical (unpaired) electrons. The molecular formula is C20H33O4P. The molecule has 0 bridgehead atoms. The molecule has 1 aromatic carbocycles. The summed E-state index contributed by atoms with van der Waals surface area (Å²) in [4.78, 5) is 21.5. The number of ether oxygens (including phenoxy) is 1. The predicted octanol–water partition coefficient (Wildman–Crippen LogP) is 4.99. The van der Waals surface area contributed by atoms with Crippen LogP contribution in [0.4, 0.5) is 0 Å². The minimum atomic E-state index is -3.30. The molecule has 1 rings (SSSR count). The van der Waals surface area contributed by atoms with Gasteiger partial charge in [0.1, 0.15) is 0 Å². The lowest BCUT2D eigenvalue weighted by Gasteiger charge is -2.36. The summed E-state index contributed by atoms with van der Waals surface area (Å²) in [6, 6.07) is 10.4. The van der Waals surface area contributed by atoms with Gasteiger partial charge in [0, 0.05) is 12.3 Å². The van der Waals surface area contributed by atoms with Gasteiger partial charge in [-0.15, -0.1) is 0 Å². The average molecular weight is 368 g/mol. The number of esters is 1. The number of hydrogen-bond donors (Lipinski definition) is 1. The van der Waals surface area contributed by atoms with Crippen LogP contribution in [0.1, 0.15) is 59.4 Å². The van der Waals surface area contributed by atoms with Crippen molar-refractivity contribution in [1.29, 1.82) is 0 Å². The van der Waals surface area contributed by atoms with Gasteiger partial charge in [0.15, 0.2) is 0 Å². The fraction of sp³-hybridized carbons (Fsp3) is 0.650. The van der Waals surface area contributed by atoms with Crippen LogP contribution in [-0.4, -0.2) is 29.8 Å². The lowest BCUT2D eigenvalue weighted by molar-refractivity contribution is -0.142. The first-order valence-corrected chi connectivity index (χ1v) is 11.0. The number of carbonyl (C=O) groups excluding carboxylic acids is 1. The Bertz CT molecular complexity index is 593. The first-order chi connectivity index (χ1) is 11.5. The molecule has 5 heteroatoms. The van der Waals surface area contributed by atoms with Crippen molar-refractivity contribution in [1.82, 2.24) is 0 Å². The zero-order chi connectivity index (χ0) is 19.1. The van der Waals surface area contributed by atoms with Crippen LogP contribution in [0.25, 0.3) is 0 Å². The first kappa shape index (κ1) is 21.9. The molecular weight excluding hydrogens is 335 g/mol.